The average Bonchev–Trinajstić information content (AvgIpc) is 2.02. The topological polar surface area (TPSA) is 15.6 Å². The normalized spacial score (nSPS) is 10.8. The maximum absolute atomic E-state index is 4.27. The fraction of sp³-hybridized carbons (Fsp3) is 0.500. The molecule has 0 saturated heterocycles. The van der Waals surface area contributed by atoms with Crippen molar-refractivity contribution in [3.05, 3.63) is 24.4 Å². The maximum atomic E-state index is 4.27. The first-order valence-electron chi connectivity index (χ1n) is 4.13. The average molecular weight is 166 g/mol. The Labute approximate surface area is 75.3 Å². The standard InChI is InChI=1S/C10H18N2/c1-6-10(5)8-12(7-2)11-9(3)4/h6-7H,2,8H2,1,3-5H3. The molecule has 2 nitrogen and oxygen atoms in total. The lowest BCUT2D eigenvalue weighted by atomic mass is 10.3. The van der Waals surface area contributed by atoms with Gasteiger partial charge in [0, 0.05) is 11.9 Å². The first kappa shape index (κ1) is 11.0. The number of hydrazone groups is 1. The van der Waals surface area contributed by atoms with Gasteiger partial charge in [-0.15, -0.1) is 0 Å². The predicted molar refractivity (Wildman–Crippen MR) is 55.1 cm³/mol. The van der Waals surface area contributed by atoms with Gasteiger partial charge < -0.3 is 0 Å². The molecule has 0 aromatic carbocycles. The first-order valence-corrected chi connectivity index (χ1v) is 4.13. The molecule has 68 valence electrons. The van der Waals surface area contributed by atoms with Crippen LogP contribution in [0.25, 0.3) is 0 Å². The summed E-state index contributed by atoms with van der Waals surface area (Å²) in [6.45, 7) is 12.6. The highest BCUT2D eigenvalue weighted by Crippen LogP contribution is 1.99. The Bertz CT molecular complexity index is 198. The van der Waals surface area contributed by atoms with Crippen LogP contribution < -0.4 is 0 Å². The van der Waals surface area contributed by atoms with Crippen LogP contribution in [0.2, 0.25) is 0 Å². The molecule has 0 aromatic rings. The van der Waals surface area contributed by atoms with Crippen molar-refractivity contribution in [2.75, 3.05) is 6.54 Å². The Balaban J connectivity index is 4.19. The van der Waals surface area contributed by atoms with Gasteiger partial charge in [0.1, 0.15) is 0 Å². The van der Waals surface area contributed by atoms with Crippen molar-refractivity contribution in [2.24, 2.45) is 5.10 Å². The van der Waals surface area contributed by atoms with Crippen molar-refractivity contribution in [2.45, 2.75) is 27.7 Å². The molecule has 2 heteroatoms. The zero-order valence-electron chi connectivity index (χ0n) is 8.46. The lowest BCUT2D eigenvalue weighted by molar-refractivity contribution is 0.434. The van der Waals surface area contributed by atoms with Gasteiger partial charge in [0.05, 0.1) is 6.54 Å². The van der Waals surface area contributed by atoms with Crippen LogP contribution in [0.5, 0.6) is 0 Å². The Hall–Kier alpha value is -1.05. The molecule has 0 bridgehead atoms. The molecule has 0 N–H and O–H groups in total. The minimum absolute atomic E-state index is 0.825. The van der Waals surface area contributed by atoms with E-state index in [1.807, 2.05) is 25.8 Å². The zero-order valence-corrected chi connectivity index (χ0v) is 8.46. The fourth-order valence-electron chi connectivity index (χ4n) is 0.744. The van der Waals surface area contributed by atoms with Gasteiger partial charge in [-0.1, -0.05) is 18.2 Å². The van der Waals surface area contributed by atoms with E-state index >= 15 is 0 Å². The molecular formula is C10H18N2. The zero-order chi connectivity index (χ0) is 9.56. The molecule has 12 heavy (non-hydrogen) atoms. The van der Waals surface area contributed by atoms with Gasteiger partial charge in [0.2, 0.25) is 0 Å². The summed E-state index contributed by atoms with van der Waals surface area (Å²) in [5.41, 5.74) is 2.33. The molecule has 0 atom stereocenters. The van der Waals surface area contributed by atoms with E-state index in [1.165, 1.54) is 5.57 Å². The molecule has 0 fully saturated rings. The van der Waals surface area contributed by atoms with Crippen LogP contribution >= 0.6 is 0 Å². The van der Waals surface area contributed by atoms with Gasteiger partial charge in [0.25, 0.3) is 0 Å². The van der Waals surface area contributed by atoms with Crippen molar-refractivity contribution in [1.82, 2.24) is 5.01 Å². The van der Waals surface area contributed by atoms with E-state index in [2.05, 4.69) is 24.7 Å². The summed E-state index contributed by atoms with van der Waals surface area (Å²) in [5, 5.41) is 6.11. The number of rotatable bonds is 4. The Morgan fingerprint density at radius 2 is 2.00 bits per heavy atom. The quantitative estimate of drug-likeness (QED) is 0.356. The van der Waals surface area contributed by atoms with E-state index < -0.39 is 0 Å². The highest BCUT2D eigenvalue weighted by Gasteiger charge is 1.95. The Morgan fingerprint density at radius 3 is 2.33 bits per heavy atom. The number of nitrogens with zero attached hydrogens (tertiary/aromatic N) is 2. The Morgan fingerprint density at radius 1 is 1.42 bits per heavy atom. The molecule has 0 unspecified atom stereocenters. The fourth-order valence-corrected chi connectivity index (χ4v) is 0.744. The molecule has 0 rings (SSSR count). The summed E-state index contributed by atoms with van der Waals surface area (Å²) in [6, 6.07) is 0. The molecule has 0 heterocycles. The molecule has 0 saturated carbocycles. The van der Waals surface area contributed by atoms with E-state index in [9.17, 15) is 0 Å². The van der Waals surface area contributed by atoms with Crippen molar-refractivity contribution in [3.8, 4) is 0 Å². The summed E-state index contributed by atoms with van der Waals surface area (Å²) in [6.07, 6.45) is 3.82. The summed E-state index contributed by atoms with van der Waals surface area (Å²) in [4.78, 5) is 0. The highest BCUT2D eigenvalue weighted by molar-refractivity contribution is 5.78. The molecule has 0 aliphatic carbocycles. The van der Waals surface area contributed by atoms with Crippen LogP contribution in [-0.4, -0.2) is 17.3 Å². The summed E-state index contributed by atoms with van der Waals surface area (Å²) in [7, 11) is 0. The van der Waals surface area contributed by atoms with Crippen molar-refractivity contribution >= 4 is 5.71 Å². The van der Waals surface area contributed by atoms with Gasteiger partial charge in [-0.3, -0.25) is 5.01 Å². The molecule has 0 spiro atoms. The molecule has 0 aliphatic heterocycles. The van der Waals surface area contributed by atoms with Crippen LogP contribution in [0.4, 0.5) is 0 Å². The molecule has 0 amide bonds. The SMILES string of the molecule is C=CN(CC(C)=CC)N=C(C)C. The second kappa shape index (κ2) is 5.58. The second-order valence-corrected chi connectivity index (χ2v) is 2.96. The summed E-state index contributed by atoms with van der Waals surface area (Å²) < 4.78 is 0. The lowest BCUT2D eigenvalue weighted by Crippen LogP contribution is -2.13. The van der Waals surface area contributed by atoms with E-state index in [0.29, 0.717) is 0 Å². The van der Waals surface area contributed by atoms with Crippen LogP contribution in [0.1, 0.15) is 27.7 Å². The van der Waals surface area contributed by atoms with Gasteiger partial charge in [-0.25, -0.2) is 0 Å². The van der Waals surface area contributed by atoms with Gasteiger partial charge in [-0.2, -0.15) is 5.10 Å². The van der Waals surface area contributed by atoms with E-state index in [4.69, 9.17) is 0 Å². The van der Waals surface area contributed by atoms with Crippen LogP contribution in [0.15, 0.2) is 29.5 Å². The number of hydrogen-bond donors (Lipinski definition) is 0. The van der Waals surface area contributed by atoms with E-state index in [0.717, 1.165) is 12.3 Å². The van der Waals surface area contributed by atoms with E-state index in [-0.39, 0.29) is 0 Å². The molecule has 0 aromatic heterocycles. The predicted octanol–water partition coefficient (Wildman–Crippen LogP) is 2.79. The number of allylic oxidation sites excluding steroid dienone is 1. The smallest absolute Gasteiger partial charge is 0.0616 e. The third-order valence-corrected chi connectivity index (χ3v) is 1.44. The van der Waals surface area contributed by atoms with Crippen molar-refractivity contribution in [1.29, 1.82) is 0 Å². The molecule has 0 radical (unpaired) electrons. The molecule has 0 aliphatic rings. The molecular weight excluding hydrogens is 148 g/mol. The first-order chi connectivity index (χ1) is 5.60. The monoisotopic (exact) mass is 166 g/mol. The van der Waals surface area contributed by atoms with E-state index in [1.54, 1.807) is 6.20 Å². The largest absolute Gasteiger partial charge is 0.269 e. The van der Waals surface area contributed by atoms with Crippen molar-refractivity contribution in [3.63, 3.8) is 0 Å². The summed E-state index contributed by atoms with van der Waals surface area (Å²) in [5.74, 6) is 0. The van der Waals surface area contributed by atoms with Crippen LogP contribution in [0.3, 0.4) is 0 Å². The second-order valence-electron chi connectivity index (χ2n) is 2.96. The maximum Gasteiger partial charge on any atom is 0.0616 e. The lowest BCUT2D eigenvalue weighted by Gasteiger charge is -2.14. The van der Waals surface area contributed by atoms with Gasteiger partial charge in [-0.05, 0) is 27.7 Å². The summed E-state index contributed by atoms with van der Waals surface area (Å²) >= 11 is 0. The third-order valence-electron chi connectivity index (χ3n) is 1.44. The minimum Gasteiger partial charge on any atom is -0.269 e. The van der Waals surface area contributed by atoms with Crippen LogP contribution in [0, 0.1) is 0 Å². The van der Waals surface area contributed by atoms with Gasteiger partial charge >= 0.3 is 0 Å². The highest BCUT2D eigenvalue weighted by atomic mass is 15.4. The van der Waals surface area contributed by atoms with Gasteiger partial charge in [0.15, 0.2) is 0 Å². The Kier molecular flexibility index (Phi) is 5.09. The van der Waals surface area contributed by atoms with Crippen LogP contribution in [-0.2, 0) is 0 Å². The number of hydrogen-bond acceptors (Lipinski definition) is 2. The third kappa shape index (κ3) is 4.72. The minimum atomic E-state index is 0.825. The van der Waals surface area contributed by atoms with Crippen molar-refractivity contribution < 1.29 is 0 Å².